The molecule has 0 aromatic heterocycles. The van der Waals surface area contributed by atoms with Gasteiger partial charge in [-0.3, -0.25) is 14.4 Å². The molecule has 0 unspecified atom stereocenters. The maximum Gasteiger partial charge on any atom is 0.308 e. The summed E-state index contributed by atoms with van der Waals surface area (Å²) in [4.78, 5) is 39.3. The lowest BCUT2D eigenvalue weighted by molar-refractivity contribution is -0.137. The molecular weight excluding hydrogens is 378 g/mol. The Morgan fingerprint density at radius 1 is 1.29 bits per heavy atom. The van der Waals surface area contributed by atoms with Crippen LogP contribution in [0.2, 0.25) is 0 Å². The molecule has 6 nitrogen and oxygen atoms in total. The van der Waals surface area contributed by atoms with Crippen molar-refractivity contribution < 1.29 is 24.2 Å². The maximum atomic E-state index is 13.3. The second kappa shape index (κ2) is 8.92. The molecule has 0 radical (unpaired) electrons. The Morgan fingerprint density at radius 3 is 2.54 bits per heavy atom. The van der Waals surface area contributed by atoms with Crippen LogP contribution in [-0.4, -0.2) is 58.6 Å². The predicted octanol–water partition coefficient (Wildman–Crippen LogP) is 2.91. The number of carboxylic acid groups (broad SMARTS) is 1. The van der Waals surface area contributed by atoms with E-state index in [9.17, 15) is 19.5 Å². The van der Waals surface area contributed by atoms with Crippen LogP contribution in [0.1, 0.15) is 42.1 Å². The third-order valence-corrected chi connectivity index (χ3v) is 6.16. The molecule has 0 bridgehead atoms. The molecule has 2 aliphatic heterocycles. The van der Waals surface area contributed by atoms with Crippen LogP contribution in [0.15, 0.2) is 35.4 Å². The molecule has 3 rings (SSSR count). The molecule has 0 aliphatic carbocycles. The standard InChI is InChI=1S/C21H25NO5S/c1-3-13-6-8-14(9-7-13)19(25)18-16(11-17(23)24)20(26)22(21(18)28-2)12-15-5-4-10-27-15/h6-9,15,21H,3-5,10-12H2,1-2H3,(H,23,24)/t15-,21+/m0/s1. The summed E-state index contributed by atoms with van der Waals surface area (Å²) in [5.74, 6) is -1.76. The zero-order valence-electron chi connectivity index (χ0n) is 16.1. The molecule has 1 N–H and O–H groups in total. The molecule has 2 aliphatic rings. The molecule has 1 fully saturated rings. The van der Waals surface area contributed by atoms with Gasteiger partial charge >= 0.3 is 5.97 Å². The Bertz CT molecular complexity index is 796. The minimum atomic E-state index is -1.12. The van der Waals surface area contributed by atoms with E-state index in [2.05, 4.69) is 0 Å². The third-order valence-electron chi connectivity index (χ3n) is 5.22. The van der Waals surface area contributed by atoms with Gasteiger partial charge in [0.2, 0.25) is 0 Å². The van der Waals surface area contributed by atoms with Crippen LogP contribution in [0.3, 0.4) is 0 Å². The number of Topliss-reactive ketones (excluding diaryl/α,β-unsaturated/α-hetero) is 1. The lowest BCUT2D eigenvalue weighted by atomic mass is 9.97. The van der Waals surface area contributed by atoms with E-state index in [4.69, 9.17) is 4.74 Å². The molecule has 28 heavy (non-hydrogen) atoms. The molecule has 1 amide bonds. The van der Waals surface area contributed by atoms with Gasteiger partial charge in [-0.05, 0) is 31.1 Å². The van der Waals surface area contributed by atoms with Crippen molar-refractivity contribution in [2.24, 2.45) is 0 Å². The SMILES string of the molecule is CCc1ccc(C(=O)C2=C(CC(=O)O)C(=O)N(C[C@@H]3CCCO3)[C@@H]2SC)cc1. The Balaban J connectivity index is 1.95. The van der Waals surface area contributed by atoms with Gasteiger partial charge in [0.05, 0.1) is 12.5 Å². The number of amides is 1. The largest absolute Gasteiger partial charge is 0.481 e. The Kier molecular flexibility index (Phi) is 6.57. The van der Waals surface area contributed by atoms with Crippen molar-refractivity contribution in [2.45, 2.75) is 44.1 Å². The van der Waals surface area contributed by atoms with Crippen molar-refractivity contribution in [2.75, 3.05) is 19.4 Å². The van der Waals surface area contributed by atoms with Gasteiger partial charge in [0, 0.05) is 29.9 Å². The fourth-order valence-electron chi connectivity index (χ4n) is 3.75. The van der Waals surface area contributed by atoms with Crippen molar-refractivity contribution in [3.8, 4) is 0 Å². The lowest BCUT2D eigenvalue weighted by Gasteiger charge is -2.27. The van der Waals surface area contributed by atoms with E-state index in [1.54, 1.807) is 17.0 Å². The van der Waals surface area contributed by atoms with E-state index in [0.29, 0.717) is 24.3 Å². The Morgan fingerprint density at radius 2 is 2.00 bits per heavy atom. The summed E-state index contributed by atoms with van der Waals surface area (Å²) >= 11 is 1.38. The van der Waals surface area contributed by atoms with Gasteiger partial charge in [0.1, 0.15) is 5.37 Å². The second-order valence-electron chi connectivity index (χ2n) is 7.02. The van der Waals surface area contributed by atoms with Gasteiger partial charge in [0.25, 0.3) is 5.91 Å². The van der Waals surface area contributed by atoms with Crippen LogP contribution in [0, 0.1) is 0 Å². The summed E-state index contributed by atoms with van der Waals surface area (Å²) < 4.78 is 5.66. The van der Waals surface area contributed by atoms with E-state index in [1.165, 1.54) is 11.8 Å². The average molecular weight is 404 g/mol. The van der Waals surface area contributed by atoms with Crippen LogP contribution >= 0.6 is 11.8 Å². The summed E-state index contributed by atoms with van der Waals surface area (Å²) in [6, 6.07) is 7.27. The number of nitrogens with zero attached hydrogens (tertiary/aromatic N) is 1. The maximum absolute atomic E-state index is 13.3. The molecule has 1 saturated heterocycles. The monoisotopic (exact) mass is 403 g/mol. The Hall–Kier alpha value is -2.12. The van der Waals surface area contributed by atoms with E-state index in [-0.39, 0.29) is 23.4 Å². The fourth-order valence-corrected chi connectivity index (χ4v) is 4.67. The van der Waals surface area contributed by atoms with E-state index < -0.39 is 17.8 Å². The number of carbonyl (C=O) groups excluding carboxylic acids is 2. The van der Waals surface area contributed by atoms with Crippen molar-refractivity contribution in [3.63, 3.8) is 0 Å². The first-order chi connectivity index (χ1) is 13.5. The smallest absolute Gasteiger partial charge is 0.308 e. The number of aryl methyl sites for hydroxylation is 1. The highest BCUT2D eigenvalue weighted by Crippen LogP contribution is 2.37. The van der Waals surface area contributed by atoms with Gasteiger partial charge in [0.15, 0.2) is 5.78 Å². The molecule has 0 saturated carbocycles. The average Bonchev–Trinajstić information content (AvgIpc) is 3.29. The molecule has 0 spiro atoms. The summed E-state index contributed by atoms with van der Waals surface area (Å²) in [6.07, 6.45) is 3.98. The van der Waals surface area contributed by atoms with Gasteiger partial charge in [-0.25, -0.2) is 0 Å². The lowest BCUT2D eigenvalue weighted by Crippen LogP contribution is -2.40. The number of hydrogen-bond acceptors (Lipinski definition) is 5. The van der Waals surface area contributed by atoms with E-state index in [0.717, 1.165) is 24.8 Å². The van der Waals surface area contributed by atoms with E-state index in [1.807, 2.05) is 25.3 Å². The zero-order valence-corrected chi connectivity index (χ0v) is 17.0. The van der Waals surface area contributed by atoms with Crippen molar-refractivity contribution in [1.82, 2.24) is 4.90 Å². The van der Waals surface area contributed by atoms with Crippen LogP contribution in [-0.2, 0) is 20.7 Å². The molecule has 150 valence electrons. The number of rotatable bonds is 8. The topological polar surface area (TPSA) is 83.9 Å². The number of thioether (sulfide) groups is 1. The van der Waals surface area contributed by atoms with Crippen LogP contribution in [0.25, 0.3) is 0 Å². The first-order valence-corrected chi connectivity index (χ1v) is 10.8. The second-order valence-corrected chi connectivity index (χ2v) is 7.94. The van der Waals surface area contributed by atoms with Crippen molar-refractivity contribution >= 4 is 29.4 Å². The third kappa shape index (κ3) is 4.15. The molecule has 2 heterocycles. The van der Waals surface area contributed by atoms with Gasteiger partial charge < -0.3 is 14.7 Å². The quantitative estimate of drug-likeness (QED) is 0.672. The highest BCUT2D eigenvalue weighted by Gasteiger charge is 2.43. The zero-order chi connectivity index (χ0) is 20.3. The minimum Gasteiger partial charge on any atom is -0.481 e. The molecule has 7 heteroatoms. The van der Waals surface area contributed by atoms with Crippen LogP contribution in [0.5, 0.6) is 0 Å². The van der Waals surface area contributed by atoms with Gasteiger partial charge in [-0.15, -0.1) is 11.8 Å². The number of benzene rings is 1. The highest BCUT2D eigenvalue weighted by atomic mass is 32.2. The van der Waals surface area contributed by atoms with Gasteiger partial charge in [-0.1, -0.05) is 31.2 Å². The summed E-state index contributed by atoms with van der Waals surface area (Å²) in [5, 5.41) is 8.82. The van der Waals surface area contributed by atoms with Crippen molar-refractivity contribution in [3.05, 3.63) is 46.5 Å². The normalized spacial score (nSPS) is 22.2. The first-order valence-electron chi connectivity index (χ1n) is 9.50. The van der Waals surface area contributed by atoms with Crippen LogP contribution < -0.4 is 0 Å². The number of carbonyl (C=O) groups is 3. The summed E-state index contributed by atoms with van der Waals surface area (Å²) in [6.45, 7) is 3.08. The Labute approximate surface area is 168 Å². The molecule has 1 aromatic rings. The van der Waals surface area contributed by atoms with Crippen molar-refractivity contribution in [1.29, 1.82) is 0 Å². The summed E-state index contributed by atoms with van der Waals surface area (Å²) in [5.41, 5.74) is 1.97. The molecule has 1 aromatic carbocycles. The number of carboxylic acids is 1. The van der Waals surface area contributed by atoms with E-state index >= 15 is 0 Å². The van der Waals surface area contributed by atoms with Crippen LogP contribution in [0.4, 0.5) is 0 Å². The number of ketones is 1. The molecular formula is C21H25NO5S. The fraction of sp³-hybridized carbons (Fsp3) is 0.476. The number of aliphatic carboxylic acids is 1. The number of ether oxygens (including phenoxy) is 1. The highest BCUT2D eigenvalue weighted by molar-refractivity contribution is 7.99. The minimum absolute atomic E-state index is 0.0667. The summed E-state index contributed by atoms with van der Waals surface area (Å²) in [7, 11) is 0. The molecule has 2 atom stereocenters. The number of hydrogen-bond donors (Lipinski definition) is 1. The van der Waals surface area contributed by atoms with Gasteiger partial charge in [-0.2, -0.15) is 0 Å². The predicted molar refractivity (Wildman–Crippen MR) is 107 cm³/mol. The first kappa shape index (κ1) is 20.6.